The molecule has 1 aliphatic rings. The number of furan rings is 1. The van der Waals surface area contributed by atoms with Crippen LogP contribution in [0.5, 0.6) is 0 Å². The van der Waals surface area contributed by atoms with Crippen molar-refractivity contribution >= 4 is 23.6 Å². The molecule has 126 valence electrons. The Morgan fingerprint density at radius 1 is 1.29 bits per heavy atom. The number of nitrogens with one attached hydrogen (secondary N) is 2. The Balaban J connectivity index is 1.40. The van der Waals surface area contributed by atoms with E-state index in [1.54, 1.807) is 30.8 Å². The van der Waals surface area contributed by atoms with E-state index in [2.05, 4.69) is 25.5 Å². The fourth-order valence-electron chi connectivity index (χ4n) is 2.54. The van der Waals surface area contributed by atoms with Gasteiger partial charge in [-0.3, -0.25) is 4.79 Å². The van der Waals surface area contributed by atoms with Crippen molar-refractivity contribution < 1.29 is 9.21 Å². The molecule has 0 aliphatic carbocycles. The van der Waals surface area contributed by atoms with Crippen molar-refractivity contribution in [1.82, 2.24) is 15.3 Å². The number of aromatic nitrogens is 2. The third-order valence-corrected chi connectivity index (χ3v) is 3.76. The highest BCUT2D eigenvalue weighted by atomic mass is 16.3. The quantitative estimate of drug-likeness (QED) is 0.597. The van der Waals surface area contributed by atoms with Crippen LogP contribution in [0.4, 0.5) is 11.6 Å². The molecule has 7 heteroatoms. The normalized spacial score (nSPS) is 14.2. The van der Waals surface area contributed by atoms with Gasteiger partial charge in [-0.05, 0) is 31.1 Å². The zero-order valence-electron chi connectivity index (χ0n) is 13.4. The molecule has 0 bridgehead atoms. The number of nitrogens with zero attached hydrogens (tertiary/aromatic N) is 3. The van der Waals surface area contributed by atoms with Crippen molar-refractivity contribution in [3.8, 4) is 0 Å². The molecular weight excluding hydrogens is 306 g/mol. The largest absolute Gasteiger partial charge is 0.465 e. The summed E-state index contributed by atoms with van der Waals surface area (Å²) >= 11 is 0. The van der Waals surface area contributed by atoms with Gasteiger partial charge < -0.3 is 20.0 Å². The van der Waals surface area contributed by atoms with Crippen LogP contribution in [-0.2, 0) is 4.79 Å². The Morgan fingerprint density at radius 2 is 2.17 bits per heavy atom. The lowest BCUT2D eigenvalue weighted by Gasteiger charge is -2.16. The van der Waals surface area contributed by atoms with E-state index in [0.29, 0.717) is 18.8 Å². The Labute approximate surface area is 140 Å². The van der Waals surface area contributed by atoms with E-state index in [1.165, 1.54) is 18.9 Å². The van der Waals surface area contributed by atoms with Crippen LogP contribution in [0.15, 0.2) is 41.3 Å². The first-order chi connectivity index (χ1) is 11.8. The predicted octanol–water partition coefficient (Wildman–Crippen LogP) is 1.91. The molecule has 0 spiro atoms. The summed E-state index contributed by atoms with van der Waals surface area (Å²) < 4.78 is 5.12. The van der Waals surface area contributed by atoms with Crippen LogP contribution in [0.2, 0.25) is 0 Å². The Hall–Kier alpha value is -2.83. The van der Waals surface area contributed by atoms with Crippen LogP contribution in [-0.4, -0.2) is 42.1 Å². The van der Waals surface area contributed by atoms with E-state index >= 15 is 0 Å². The highest BCUT2D eigenvalue weighted by Gasteiger charge is 2.13. The maximum absolute atomic E-state index is 11.7. The molecule has 0 saturated carbocycles. The van der Waals surface area contributed by atoms with Gasteiger partial charge in [-0.2, -0.15) is 0 Å². The summed E-state index contributed by atoms with van der Waals surface area (Å²) in [6.07, 6.45) is 8.65. The second kappa shape index (κ2) is 8.14. The molecule has 1 saturated heterocycles. The van der Waals surface area contributed by atoms with Gasteiger partial charge in [0.15, 0.2) is 0 Å². The molecule has 1 aliphatic heterocycles. The average Bonchev–Trinajstić information content (AvgIpc) is 3.31. The molecule has 1 fully saturated rings. The van der Waals surface area contributed by atoms with Crippen LogP contribution in [0.3, 0.4) is 0 Å². The first kappa shape index (κ1) is 16.0. The molecule has 7 nitrogen and oxygen atoms in total. The van der Waals surface area contributed by atoms with Crippen molar-refractivity contribution in [2.45, 2.75) is 12.8 Å². The minimum atomic E-state index is -0.159. The second-order valence-corrected chi connectivity index (χ2v) is 5.52. The number of amides is 1. The van der Waals surface area contributed by atoms with E-state index in [0.717, 1.165) is 24.7 Å². The number of anilines is 2. The molecule has 0 radical (unpaired) electrons. The van der Waals surface area contributed by atoms with Gasteiger partial charge in [-0.25, -0.2) is 9.97 Å². The lowest BCUT2D eigenvalue weighted by Crippen LogP contribution is -2.27. The molecule has 3 rings (SSSR count). The molecule has 0 atom stereocenters. The molecule has 2 aromatic heterocycles. The summed E-state index contributed by atoms with van der Waals surface area (Å²) in [5.74, 6) is 2.22. The number of rotatable bonds is 7. The molecule has 2 N–H and O–H groups in total. The van der Waals surface area contributed by atoms with Gasteiger partial charge in [0.2, 0.25) is 5.91 Å². The summed E-state index contributed by atoms with van der Waals surface area (Å²) in [4.78, 5) is 22.5. The van der Waals surface area contributed by atoms with Crippen molar-refractivity contribution in [2.24, 2.45) is 0 Å². The standard InChI is InChI=1S/C17H21N5O2/c23-17(6-5-14-4-3-11-24-14)19-8-7-18-15-12-16(21-13-20-15)22-9-1-2-10-22/h3-6,11-13H,1-2,7-10H2,(H,19,23)(H,18,20,21)/b6-5+. The number of hydrogen-bond acceptors (Lipinski definition) is 6. The molecule has 0 unspecified atom stereocenters. The number of carbonyl (C=O) groups is 1. The summed E-state index contributed by atoms with van der Waals surface area (Å²) in [5.41, 5.74) is 0. The molecule has 3 heterocycles. The van der Waals surface area contributed by atoms with Crippen LogP contribution in [0.1, 0.15) is 18.6 Å². The molecule has 0 aromatic carbocycles. The molecule has 24 heavy (non-hydrogen) atoms. The third-order valence-electron chi connectivity index (χ3n) is 3.76. The van der Waals surface area contributed by atoms with Crippen molar-refractivity contribution in [3.63, 3.8) is 0 Å². The Morgan fingerprint density at radius 3 is 2.96 bits per heavy atom. The van der Waals surface area contributed by atoms with Crippen molar-refractivity contribution in [3.05, 3.63) is 42.6 Å². The summed E-state index contributed by atoms with van der Waals surface area (Å²) in [6, 6.07) is 5.52. The van der Waals surface area contributed by atoms with E-state index in [-0.39, 0.29) is 5.91 Å². The van der Waals surface area contributed by atoms with Gasteiger partial charge in [0.25, 0.3) is 0 Å². The molecule has 2 aromatic rings. The smallest absolute Gasteiger partial charge is 0.244 e. The first-order valence-corrected chi connectivity index (χ1v) is 8.11. The van der Waals surface area contributed by atoms with Crippen LogP contribution in [0.25, 0.3) is 6.08 Å². The van der Waals surface area contributed by atoms with Gasteiger partial charge in [0.05, 0.1) is 6.26 Å². The lowest BCUT2D eigenvalue weighted by atomic mass is 10.4. The molecular formula is C17H21N5O2. The van der Waals surface area contributed by atoms with Crippen LogP contribution in [0, 0.1) is 0 Å². The van der Waals surface area contributed by atoms with Crippen molar-refractivity contribution in [2.75, 3.05) is 36.4 Å². The van der Waals surface area contributed by atoms with E-state index in [1.807, 2.05) is 6.07 Å². The van der Waals surface area contributed by atoms with Gasteiger partial charge >= 0.3 is 0 Å². The van der Waals surface area contributed by atoms with Gasteiger partial charge in [0.1, 0.15) is 23.7 Å². The monoisotopic (exact) mass is 327 g/mol. The zero-order valence-corrected chi connectivity index (χ0v) is 13.4. The Kier molecular flexibility index (Phi) is 5.44. The average molecular weight is 327 g/mol. The minimum Gasteiger partial charge on any atom is -0.465 e. The third kappa shape index (κ3) is 4.58. The highest BCUT2D eigenvalue weighted by molar-refractivity contribution is 5.91. The molecule has 1 amide bonds. The van der Waals surface area contributed by atoms with E-state index in [4.69, 9.17) is 4.42 Å². The number of hydrogen-bond donors (Lipinski definition) is 2. The number of carbonyl (C=O) groups excluding carboxylic acids is 1. The maximum Gasteiger partial charge on any atom is 0.244 e. The van der Waals surface area contributed by atoms with Gasteiger partial charge in [-0.15, -0.1) is 0 Å². The fourth-order valence-corrected chi connectivity index (χ4v) is 2.54. The van der Waals surface area contributed by atoms with Crippen LogP contribution >= 0.6 is 0 Å². The van der Waals surface area contributed by atoms with Crippen molar-refractivity contribution in [1.29, 1.82) is 0 Å². The zero-order chi connectivity index (χ0) is 16.6. The van der Waals surface area contributed by atoms with Gasteiger partial charge in [0, 0.05) is 38.3 Å². The highest BCUT2D eigenvalue weighted by Crippen LogP contribution is 2.18. The summed E-state index contributed by atoms with van der Waals surface area (Å²) in [7, 11) is 0. The Bertz CT molecular complexity index is 678. The summed E-state index contributed by atoms with van der Waals surface area (Å²) in [5, 5.41) is 6.00. The van der Waals surface area contributed by atoms with E-state index in [9.17, 15) is 4.79 Å². The van der Waals surface area contributed by atoms with Crippen LogP contribution < -0.4 is 15.5 Å². The second-order valence-electron chi connectivity index (χ2n) is 5.52. The predicted molar refractivity (Wildman–Crippen MR) is 92.7 cm³/mol. The maximum atomic E-state index is 11.7. The first-order valence-electron chi connectivity index (χ1n) is 8.11. The summed E-state index contributed by atoms with van der Waals surface area (Å²) in [6.45, 7) is 3.20. The lowest BCUT2D eigenvalue weighted by molar-refractivity contribution is -0.116. The fraction of sp³-hybridized carbons (Fsp3) is 0.353. The van der Waals surface area contributed by atoms with Gasteiger partial charge in [-0.1, -0.05) is 0 Å². The topological polar surface area (TPSA) is 83.3 Å². The SMILES string of the molecule is O=C(/C=C/c1ccco1)NCCNc1cc(N2CCCC2)ncn1. The minimum absolute atomic E-state index is 0.159. The van der Waals surface area contributed by atoms with E-state index < -0.39 is 0 Å².